The molecule has 0 heterocycles. The van der Waals surface area contributed by atoms with Gasteiger partial charge in [0.15, 0.2) is 0 Å². The molecule has 4 heteroatoms. The molecule has 0 aromatic heterocycles. The van der Waals surface area contributed by atoms with Gasteiger partial charge in [0.05, 0.1) is 6.10 Å². The van der Waals surface area contributed by atoms with Crippen LogP contribution in [0.2, 0.25) is 0 Å². The van der Waals surface area contributed by atoms with E-state index in [1.165, 1.54) is 5.56 Å². The number of aliphatic hydroxyl groups excluding tert-OH is 1. The highest BCUT2D eigenvalue weighted by Crippen LogP contribution is 2.19. The van der Waals surface area contributed by atoms with E-state index in [4.69, 9.17) is 5.11 Å². The molecule has 3 N–H and O–H groups in total. The molecule has 2 unspecified atom stereocenters. The Morgan fingerprint density at radius 2 is 1.90 bits per heavy atom. The van der Waals surface area contributed by atoms with Gasteiger partial charge in [-0.3, -0.25) is 4.79 Å². The van der Waals surface area contributed by atoms with Gasteiger partial charge in [0.1, 0.15) is 6.04 Å². The quantitative estimate of drug-likeness (QED) is 0.689. The van der Waals surface area contributed by atoms with Gasteiger partial charge in [-0.05, 0) is 55.8 Å². The number of rotatable bonds is 8. The van der Waals surface area contributed by atoms with Crippen molar-refractivity contribution in [3.8, 4) is 0 Å². The highest BCUT2D eigenvalue weighted by atomic mass is 16.4. The lowest BCUT2D eigenvalue weighted by Crippen LogP contribution is -2.38. The minimum Gasteiger partial charge on any atom is -0.480 e. The Balaban J connectivity index is 2.50. The van der Waals surface area contributed by atoms with Crippen LogP contribution in [0, 0.1) is 19.8 Å². The Bertz CT molecular complexity index is 471. The minimum absolute atomic E-state index is 0.322. The average Bonchev–Trinajstić information content (AvgIpc) is 2.40. The zero-order valence-corrected chi connectivity index (χ0v) is 13.4. The summed E-state index contributed by atoms with van der Waals surface area (Å²) in [5, 5.41) is 22.3. The standard InChI is InChI=1S/C17H27NO3/c1-11(2)9-15(17(20)21)18-8-7-16(19)14-6-5-12(3)13(4)10-14/h5-6,10-11,15-16,18-19H,7-9H2,1-4H3,(H,20,21). The third-order valence-electron chi connectivity index (χ3n) is 3.73. The Morgan fingerprint density at radius 3 is 2.43 bits per heavy atom. The molecular weight excluding hydrogens is 266 g/mol. The third-order valence-corrected chi connectivity index (χ3v) is 3.73. The Kier molecular flexibility index (Phi) is 6.85. The van der Waals surface area contributed by atoms with Gasteiger partial charge in [-0.15, -0.1) is 0 Å². The van der Waals surface area contributed by atoms with E-state index in [2.05, 4.69) is 5.32 Å². The molecule has 0 fully saturated rings. The Labute approximate surface area is 127 Å². The van der Waals surface area contributed by atoms with E-state index in [0.29, 0.717) is 25.3 Å². The van der Waals surface area contributed by atoms with Gasteiger partial charge in [0.25, 0.3) is 0 Å². The molecule has 118 valence electrons. The van der Waals surface area contributed by atoms with Crippen LogP contribution in [0.3, 0.4) is 0 Å². The van der Waals surface area contributed by atoms with Gasteiger partial charge in [-0.2, -0.15) is 0 Å². The number of aliphatic carboxylic acids is 1. The fraction of sp³-hybridized carbons (Fsp3) is 0.588. The van der Waals surface area contributed by atoms with Crippen LogP contribution in [0.25, 0.3) is 0 Å². The van der Waals surface area contributed by atoms with Crippen molar-refractivity contribution >= 4 is 5.97 Å². The van der Waals surface area contributed by atoms with Crippen molar-refractivity contribution in [3.05, 3.63) is 34.9 Å². The van der Waals surface area contributed by atoms with Crippen LogP contribution >= 0.6 is 0 Å². The fourth-order valence-corrected chi connectivity index (χ4v) is 2.28. The highest BCUT2D eigenvalue weighted by molar-refractivity contribution is 5.73. The van der Waals surface area contributed by atoms with Crippen LogP contribution in [-0.2, 0) is 4.79 Å². The van der Waals surface area contributed by atoms with Crippen LogP contribution in [0.4, 0.5) is 0 Å². The zero-order chi connectivity index (χ0) is 16.0. The van der Waals surface area contributed by atoms with E-state index in [9.17, 15) is 9.90 Å². The second-order valence-corrected chi connectivity index (χ2v) is 6.12. The number of aliphatic hydroxyl groups is 1. The molecule has 0 amide bonds. The van der Waals surface area contributed by atoms with Crippen LogP contribution in [0.5, 0.6) is 0 Å². The summed E-state index contributed by atoms with van der Waals surface area (Å²) in [4.78, 5) is 11.1. The van der Waals surface area contributed by atoms with Crippen LogP contribution in [-0.4, -0.2) is 28.8 Å². The van der Waals surface area contributed by atoms with Crippen molar-refractivity contribution in [2.45, 2.75) is 52.7 Å². The minimum atomic E-state index is -0.829. The number of carbonyl (C=O) groups is 1. The predicted molar refractivity (Wildman–Crippen MR) is 84.4 cm³/mol. The second kappa shape index (κ2) is 8.15. The summed E-state index contributed by atoms with van der Waals surface area (Å²) < 4.78 is 0. The lowest BCUT2D eigenvalue weighted by atomic mass is 10.0. The molecule has 0 aliphatic heterocycles. The fourth-order valence-electron chi connectivity index (χ4n) is 2.28. The number of carboxylic acid groups (broad SMARTS) is 1. The Hall–Kier alpha value is -1.39. The first-order valence-corrected chi connectivity index (χ1v) is 7.52. The van der Waals surface area contributed by atoms with E-state index in [1.807, 2.05) is 45.9 Å². The van der Waals surface area contributed by atoms with E-state index in [0.717, 1.165) is 11.1 Å². The molecule has 0 saturated carbocycles. The highest BCUT2D eigenvalue weighted by Gasteiger charge is 2.18. The topological polar surface area (TPSA) is 69.6 Å². The molecule has 0 radical (unpaired) electrons. The number of hydrogen-bond acceptors (Lipinski definition) is 3. The molecule has 0 aliphatic carbocycles. The smallest absolute Gasteiger partial charge is 0.320 e. The second-order valence-electron chi connectivity index (χ2n) is 6.12. The molecule has 1 aromatic rings. The number of hydrogen-bond donors (Lipinski definition) is 3. The number of aryl methyl sites for hydroxylation is 2. The molecule has 21 heavy (non-hydrogen) atoms. The van der Waals surface area contributed by atoms with E-state index in [1.54, 1.807) is 0 Å². The first kappa shape index (κ1) is 17.7. The summed E-state index contributed by atoms with van der Waals surface area (Å²) in [6, 6.07) is 5.37. The lowest BCUT2D eigenvalue weighted by molar-refractivity contribution is -0.139. The molecule has 2 atom stereocenters. The third kappa shape index (κ3) is 5.86. The van der Waals surface area contributed by atoms with E-state index in [-0.39, 0.29) is 0 Å². The van der Waals surface area contributed by atoms with Crippen molar-refractivity contribution in [2.75, 3.05) is 6.54 Å². The van der Waals surface area contributed by atoms with Gasteiger partial charge in [0.2, 0.25) is 0 Å². The first-order chi connectivity index (χ1) is 9.81. The maximum atomic E-state index is 11.1. The predicted octanol–water partition coefficient (Wildman–Crippen LogP) is 2.82. The van der Waals surface area contributed by atoms with Gasteiger partial charge < -0.3 is 15.5 Å². The lowest BCUT2D eigenvalue weighted by Gasteiger charge is -2.18. The molecule has 0 spiro atoms. The maximum Gasteiger partial charge on any atom is 0.320 e. The summed E-state index contributed by atoms with van der Waals surface area (Å²) in [7, 11) is 0. The number of benzene rings is 1. The number of nitrogens with one attached hydrogen (secondary N) is 1. The summed E-state index contributed by atoms with van der Waals surface area (Å²) in [6.45, 7) is 8.55. The normalized spacial score (nSPS) is 14.2. The van der Waals surface area contributed by atoms with Gasteiger partial charge in [-0.25, -0.2) is 0 Å². The van der Waals surface area contributed by atoms with Crippen LogP contribution in [0.1, 0.15) is 49.5 Å². The summed E-state index contributed by atoms with van der Waals surface area (Å²) in [5.74, 6) is -0.507. The monoisotopic (exact) mass is 293 g/mol. The molecule has 0 aliphatic rings. The van der Waals surface area contributed by atoms with Crippen LogP contribution < -0.4 is 5.32 Å². The summed E-state index contributed by atoms with van der Waals surface area (Å²) >= 11 is 0. The molecule has 1 rings (SSSR count). The van der Waals surface area contributed by atoms with Gasteiger partial charge in [-0.1, -0.05) is 32.0 Å². The number of carboxylic acids is 1. The zero-order valence-electron chi connectivity index (χ0n) is 13.4. The molecule has 0 saturated heterocycles. The molecular formula is C17H27NO3. The summed E-state index contributed by atoms with van der Waals surface area (Å²) in [5.41, 5.74) is 3.24. The van der Waals surface area contributed by atoms with Crippen LogP contribution in [0.15, 0.2) is 18.2 Å². The van der Waals surface area contributed by atoms with Crippen molar-refractivity contribution in [1.82, 2.24) is 5.32 Å². The first-order valence-electron chi connectivity index (χ1n) is 7.52. The summed E-state index contributed by atoms with van der Waals surface area (Å²) in [6.07, 6.45) is 0.532. The van der Waals surface area contributed by atoms with Crippen molar-refractivity contribution in [1.29, 1.82) is 0 Å². The maximum absolute atomic E-state index is 11.1. The van der Waals surface area contributed by atoms with E-state index < -0.39 is 18.1 Å². The molecule has 4 nitrogen and oxygen atoms in total. The SMILES string of the molecule is Cc1ccc(C(O)CCNC(CC(C)C)C(=O)O)cc1C. The largest absolute Gasteiger partial charge is 0.480 e. The molecule has 1 aromatic carbocycles. The van der Waals surface area contributed by atoms with E-state index >= 15 is 0 Å². The van der Waals surface area contributed by atoms with Crippen molar-refractivity contribution < 1.29 is 15.0 Å². The van der Waals surface area contributed by atoms with Crippen molar-refractivity contribution in [2.24, 2.45) is 5.92 Å². The van der Waals surface area contributed by atoms with Gasteiger partial charge in [0, 0.05) is 0 Å². The van der Waals surface area contributed by atoms with Gasteiger partial charge >= 0.3 is 5.97 Å². The van der Waals surface area contributed by atoms with Crippen molar-refractivity contribution in [3.63, 3.8) is 0 Å². The molecule has 0 bridgehead atoms. The Morgan fingerprint density at radius 1 is 1.24 bits per heavy atom. The average molecular weight is 293 g/mol.